The molecule has 0 fully saturated rings. The molecule has 0 saturated carbocycles. The molecule has 0 aliphatic carbocycles. The van der Waals surface area contributed by atoms with Crippen LogP contribution in [0.4, 0.5) is 5.69 Å². The lowest BCUT2D eigenvalue weighted by Gasteiger charge is -2.29. The van der Waals surface area contributed by atoms with E-state index in [-0.39, 0.29) is 11.8 Å². The van der Waals surface area contributed by atoms with E-state index in [0.717, 1.165) is 35.5 Å². The van der Waals surface area contributed by atoms with Crippen LogP contribution in [-0.2, 0) is 24.1 Å². The molecule has 0 spiro atoms. The number of rotatable bonds is 7. The smallest absolute Gasteiger partial charge is 0.252 e. The van der Waals surface area contributed by atoms with Gasteiger partial charge in [-0.1, -0.05) is 36.4 Å². The summed E-state index contributed by atoms with van der Waals surface area (Å²) in [5.74, 6) is -0.118. The maximum atomic E-state index is 12.9. The summed E-state index contributed by atoms with van der Waals surface area (Å²) in [5, 5.41) is 2.92. The number of carbonyl (C=O) groups is 2. The molecule has 1 aliphatic rings. The molecule has 158 valence electrons. The molecule has 2 aromatic heterocycles. The second-order valence-corrected chi connectivity index (χ2v) is 7.65. The number of hydrogen-bond acceptors (Lipinski definition) is 4. The van der Waals surface area contributed by atoms with Gasteiger partial charge in [0.25, 0.3) is 5.91 Å². The lowest BCUT2D eigenvalue weighted by Crippen LogP contribution is -2.36. The minimum Gasteiger partial charge on any atom is -0.352 e. The predicted molar refractivity (Wildman–Crippen MR) is 120 cm³/mol. The third-order valence-corrected chi connectivity index (χ3v) is 5.46. The van der Waals surface area contributed by atoms with Gasteiger partial charge < -0.3 is 10.2 Å². The number of carbonyl (C=O) groups excluding carboxylic acids is 2. The highest BCUT2D eigenvalue weighted by molar-refractivity contribution is 5.98. The molecule has 4 rings (SSSR count). The first kappa shape index (κ1) is 20.7. The number of nitrogens with zero attached hydrogens (tertiary/aromatic N) is 3. The Labute approximate surface area is 182 Å². The molecular formula is C25H26N4O2. The molecule has 3 heterocycles. The van der Waals surface area contributed by atoms with Crippen LogP contribution in [0.3, 0.4) is 0 Å². The zero-order valence-electron chi connectivity index (χ0n) is 17.5. The minimum absolute atomic E-state index is 0.0688. The number of aromatic nitrogens is 2. The Morgan fingerprint density at radius 2 is 1.84 bits per heavy atom. The lowest BCUT2D eigenvalue weighted by molar-refractivity contribution is -0.118. The fourth-order valence-electron chi connectivity index (χ4n) is 3.80. The van der Waals surface area contributed by atoms with E-state index < -0.39 is 0 Å². The highest BCUT2D eigenvalue weighted by atomic mass is 16.2. The van der Waals surface area contributed by atoms with E-state index >= 15 is 0 Å². The van der Waals surface area contributed by atoms with E-state index in [1.54, 1.807) is 23.4 Å². The number of hydrogen-bond donors (Lipinski definition) is 1. The fourth-order valence-corrected chi connectivity index (χ4v) is 3.80. The second kappa shape index (κ2) is 9.98. The van der Waals surface area contributed by atoms with Crippen LogP contribution in [0.15, 0.2) is 67.0 Å². The average molecular weight is 415 g/mol. The normalized spacial score (nSPS) is 12.8. The second-order valence-electron chi connectivity index (χ2n) is 7.65. The SMILES string of the molecule is O=C(NCCc1ccccn1)c1cnc2c(c1)N(C(=O)CCc1ccccc1)CCC2. The number of nitrogens with one attached hydrogen (secondary N) is 1. The monoisotopic (exact) mass is 414 g/mol. The Morgan fingerprint density at radius 1 is 1.00 bits per heavy atom. The van der Waals surface area contributed by atoms with E-state index in [1.807, 2.05) is 48.5 Å². The van der Waals surface area contributed by atoms with Crippen LogP contribution < -0.4 is 10.2 Å². The predicted octanol–water partition coefficient (Wildman–Crippen LogP) is 3.36. The molecule has 0 unspecified atom stereocenters. The topological polar surface area (TPSA) is 75.2 Å². The Balaban J connectivity index is 1.40. The molecule has 0 radical (unpaired) electrons. The van der Waals surface area contributed by atoms with E-state index in [1.165, 1.54) is 0 Å². The van der Waals surface area contributed by atoms with Crippen molar-refractivity contribution in [1.29, 1.82) is 0 Å². The maximum absolute atomic E-state index is 12.9. The van der Waals surface area contributed by atoms with Gasteiger partial charge in [0, 0.05) is 44.0 Å². The van der Waals surface area contributed by atoms with Crippen molar-refractivity contribution >= 4 is 17.5 Å². The van der Waals surface area contributed by atoms with Crippen molar-refractivity contribution in [3.63, 3.8) is 0 Å². The van der Waals surface area contributed by atoms with Crippen molar-refractivity contribution in [1.82, 2.24) is 15.3 Å². The molecule has 2 amide bonds. The van der Waals surface area contributed by atoms with Crippen molar-refractivity contribution in [2.75, 3.05) is 18.0 Å². The molecule has 1 aromatic carbocycles. The van der Waals surface area contributed by atoms with Crippen molar-refractivity contribution in [3.8, 4) is 0 Å². The van der Waals surface area contributed by atoms with Gasteiger partial charge in [0.1, 0.15) is 0 Å². The van der Waals surface area contributed by atoms with Gasteiger partial charge >= 0.3 is 0 Å². The lowest BCUT2D eigenvalue weighted by atomic mass is 10.0. The third kappa shape index (κ3) is 5.34. The van der Waals surface area contributed by atoms with Gasteiger partial charge in [-0.05, 0) is 43.0 Å². The summed E-state index contributed by atoms with van der Waals surface area (Å²) in [4.78, 5) is 36.1. The Hall–Kier alpha value is -3.54. The molecule has 6 nitrogen and oxygen atoms in total. The van der Waals surface area contributed by atoms with Crippen LogP contribution in [0.5, 0.6) is 0 Å². The zero-order valence-corrected chi connectivity index (χ0v) is 17.5. The van der Waals surface area contributed by atoms with Gasteiger partial charge in [-0.25, -0.2) is 0 Å². The molecule has 3 aromatic rings. The van der Waals surface area contributed by atoms with Crippen LogP contribution >= 0.6 is 0 Å². The summed E-state index contributed by atoms with van der Waals surface area (Å²) in [6.45, 7) is 1.15. The quantitative estimate of drug-likeness (QED) is 0.643. The molecule has 0 atom stereocenters. The molecule has 6 heteroatoms. The summed E-state index contributed by atoms with van der Waals surface area (Å²) in [6, 6.07) is 17.6. The number of aryl methyl sites for hydroxylation is 2. The van der Waals surface area contributed by atoms with E-state index in [4.69, 9.17) is 0 Å². The van der Waals surface area contributed by atoms with E-state index in [2.05, 4.69) is 15.3 Å². The van der Waals surface area contributed by atoms with E-state index in [9.17, 15) is 9.59 Å². The molecule has 0 saturated heterocycles. The Morgan fingerprint density at radius 3 is 2.65 bits per heavy atom. The van der Waals surface area contributed by atoms with Crippen LogP contribution in [0.25, 0.3) is 0 Å². The van der Waals surface area contributed by atoms with Gasteiger partial charge in [0.2, 0.25) is 5.91 Å². The molecule has 1 aliphatic heterocycles. The van der Waals surface area contributed by atoms with Crippen LogP contribution in [0.2, 0.25) is 0 Å². The zero-order chi connectivity index (χ0) is 21.5. The van der Waals surface area contributed by atoms with Gasteiger partial charge in [-0.15, -0.1) is 0 Å². The van der Waals surface area contributed by atoms with Crippen molar-refractivity contribution in [2.45, 2.75) is 32.1 Å². The Kier molecular flexibility index (Phi) is 6.67. The van der Waals surface area contributed by atoms with Crippen molar-refractivity contribution in [2.24, 2.45) is 0 Å². The Bertz CT molecular complexity index is 1040. The average Bonchev–Trinajstić information content (AvgIpc) is 2.83. The molecule has 1 N–H and O–H groups in total. The van der Waals surface area contributed by atoms with E-state index in [0.29, 0.717) is 37.9 Å². The minimum atomic E-state index is -0.187. The number of fused-ring (bicyclic) bond motifs is 1. The first-order valence-corrected chi connectivity index (χ1v) is 10.7. The summed E-state index contributed by atoms with van der Waals surface area (Å²) in [5.41, 5.74) is 4.20. The van der Waals surface area contributed by atoms with Crippen molar-refractivity contribution in [3.05, 3.63) is 89.5 Å². The maximum Gasteiger partial charge on any atom is 0.252 e. The molecule has 31 heavy (non-hydrogen) atoms. The number of anilines is 1. The summed E-state index contributed by atoms with van der Waals surface area (Å²) in [7, 11) is 0. The summed E-state index contributed by atoms with van der Waals surface area (Å²) in [6.07, 6.45) is 6.85. The van der Waals surface area contributed by atoms with Crippen molar-refractivity contribution < 1.29 is 9.59 Å². The number of pyridine rings is 2. The third-order valence-electron chi connectivity index (χ3n) is 5.46. The highest BCUT2D eigenvalue weighted by Gasteiger charge is 2.24. The van der Waals surface area contributed by atoms with Crippen LogP contribution in [-0.4, -0.2) is 34.9 Å². The summed E-state index contributed by atoms with van der Waals surface area (Å²) < 4.78 is 0. The van der Waals surface area contributed by atoms with Gasteiger partial charge in [-0.3, -0.25) is 19.6 Å². The summed E-state index contributed by atoms with van der Waals surface area (Å²) >= 11 is 0. The molecular weight excluding hydrogens is 388 g/mol. The van der Waals surface area contributed by atoms with Gasteiger partial charge in [0.15, 0.2) is 0 Å². The van der Waals surface area contributed by atoms with Crippen LogP contribution in [0, 0.1) is 0 Å². The highest BCUT2D eigenvalue weighted by Crippen LogP contribution is 2.27. The molecule has 0 bridgehead atoms. The van der Waals surface area contributed by atoms with Crippen LogP contribution in [0.1, 0.15) is 40.2 Å². The number of benzene rings is 1. The standard InChI is InChI=1S/C25H26N4O2/c30-24(12-11-19-7-2-1-3-8-19)29-16-6-10-22-23(29)17-20(18-28-22)25(31)27-15-13-21-9-4-5-14-26-21/h1-5,7-9,14,17-18H,6,10-13,15-16H2,(H,27,31). The van der Waals surface area contributed by atoms with Gasteiger partial charge in [-0.2, -0.15) is 0 Å². The number of amides is 2. The first-order valence-electron chi connectivity index (χ1n) is 10.7. The largest absolute Gasteiger partial charge is 0.352 e. The van der Waals surface area contributed by atoms with Gasteiger partial charge in [0.05, 0.1) is 16.9 Å². The first-order chi connectivity index (χ1) is 15.2. The fraction of sp³-hybridized carbons (Fsp3) is 0.280.